The lowest BCUT2D eigenvalue weighted by molar-refractivity contribution is 0.0696. The molecule has 0 saturated carbocycles. The number of nitrogens with one attached hydrogen (secondary N) is 2. The van der Waals surface area contributed by atoms with E-state index in [1.807, 2.05) is 0 Å². The van der Waals surface area contributed by atoms with E-state index in [1.54, 1.807) is 17.2 Å². The largest absolute Gasteiger partial charge is 0.336 e. The number of pyridine rings is 1. The molecule has 2 aromatic rings. The minimum Gasteiger partial charge on any atom is -0.336 e. The summed E-state index contributed by atoms with van der Waals surface area (Å²) in [5.74, 6) is 0.169. The van der Waals surface area contributed by atoms with Crippen molar-refractivity contribution in [1.29, 1.82) is 0 Å². The molecule has 0 aliphatic carbocycles. The number of carbonyl (C=O) groups excluding carboxylic acids is 1. The summed E-state index contributed by atoms with van der Waals surface area (Å²) in [6.07, 6.45) is 5.44. The van der Waals surface area contributed by atoms with Crippen LogP contribution >= 0.6 is 0 Å². The van der Waals surface area contributed by atoms with Gasteiger partial charge in [0.2, 0.25) is 10.0 Å². The molecule has 1 amide bonds. The molecule has 2 aliphatic rings. The first kappa shape index (κ1) is 18.1. The second-order valence-electron chi connectivity index (χ2n) is 6.77. The number of H-pyrrole nitrogens is 1. The summed E-state index contributed by atoms with van der Waals surface area (Å²) in [5, 5.41) is 10.3. The molecule has 144 valence electrons. The highest BCUT2D eigenvalue weighted by Gasteiger charge is 2.32. The summed E-state index contributed by atoms with van der Waals surface area (Å²) < 4.78 is 26.8. The molecule has 1 unspecified atom stereocenters. The van der Waals surface area contributed by atoms with Crippen LogP contribution in [0.3, 0.4) is 0 Å². The SMILES string of the molecule is O=C(c1cn[nH]c1C1CCNC1)N1CCN(S(=O)(=O)c2cccnc2)CC1. The van der Waals surface area contributed by atoms with E-state index in [2.05, 4.69) is 20.5 Å². The highest BCUT2D eigenvalue weighted by molar-refractivity contribution is 7.89. The zero-order valence-corrected chi connectivity index (χ0v) is 15.7. The smallest absolute Gasteiger partial charge is 0.257 e. The van der Waals surface area contributed by atoms with Crippen LogP contribution < -0.4 is 5.32 Å². The van der Waals surface area contributed by atoms with Crippen molar-refractivity contribution < 1.29 is 13.2 Å². The normalized spacial score (nSPS) is 21.5. The van der Waals surface area contributed by atoms with Crippen molar-refractivity contribution in [3.8, 4) is 0 Å². The van der Waals surface area contributed by atoms with Crippen molar-refractivity contribution >= 4 is 15.9 Å². The Kier molecular flexibility index (Phi) is 4.94. The molecular weight excluding hydrogens is 368 g/mol. The third-order valence-corrected chi connectivity index (χ3v) is 7.05. The molecule has 0 aromatic carbocycles. The molecule has 4 heterocycles. The second kappa shape index (κ2) is 7.37. The van der Waals surface area contributed by atoms with Gasteiger partial charge in [-0.2, -0.15) is 9.40 Å². The van der Waals surface area contributed by atoms with Crippen LogP contribution in [0.15, 0.2) is 35.6 Å². The Hall–Kier alpha value is -2.30. The molecular formula is C17H22N6O3S. The lowest BCUT2D eigenvalue weighted by Crippen LogP contribution is -2.50. The van der Waals surface area contributed by atoms with Crippen LogP contribution in [-0.2, 0) is 10.0 Å². The van der Waals surface area contributed by atoms with Gasteiger partial charge in [0.25, 0.3) is 5.91 Å². The van der Waals surface area contributed by atoms with Gasteiger partial charge in [0, 0.05) is 51.0 Å². The third kappa shape index (κ3) is 3.47. The standard InChI is InChI=1S/C17H22N6O3S/c24-17(15-12-20-21-16(15)13-3-5-19-10-13)22-6-8-23(9-7-22)27(25,26)14-2-1-4-18-11-14/h1-2,4,11-13,19H,3,5-10H2,(H,20,21). The molecule has 0 radical (unpaired) electrons. The summed E-state index contributed by atoms with van der Waals surface area (Å²) in [6.45, 7) is 3.00. The van der Waals surface area contributed by atoms with Crippen molar-refractivity contribution in [1.82, 2.24) is 29.7 Å². The van der Waals surface area contributed by atoms with Crippen molar-refractivity contribution in [2.24, 2.45) is 0 Å². The number of aromatic nitrogens is 3. The highest BCUT2D eigenvalue weighted by Crippen LogP contribution is 2.25. The van der Waals surface area contributed by atoms with Gasteiger partial charge in [-0.1, -0.05) is 0 Å². The number of nitrogens with zero attached hydrogens (tertiary/aromatic N) is 4. The Morgan fingerprint density at radius 1 is 1.19 bits per heavy atom. The maximum absolute atomic E-state index is 12.9. The molecule has 2 fully saturated rings. The maximum atomic E-state index is 12.9. The molecule has 2 aromatic heterocycles. The number of piperazine rings is 1. The average molecular weight is 390 g/mol. The summed E-state index contributed by atoms with van der Waals surface area (Å²) >= 11 is 0. The number of hydrogen-bond acceptors (Lipinski definition) is 6. The molecule has 2 saturated heterocycles. The van der Waals surface area contributed by atoms with Crippen LogP contribution in [0.5, 0.6) is 0 Å². The van der Waals surface area contributed by atoms with E-state index in [0.717, 1.165) is 25.2 Å². The maximum Gasteiger partial charge on any atom is 0.257 e. The van der Waals surface area contributed by atoms with E-state index in [9.17, 15) is 13.2 Å². The van der Waals surface area contributed by atoms with Crippen LogP contribution in [0.1, 0.15) is 28.4 Å². The number of carbonyl (C=O) groups is 1. The van der Waals surface area contributed by atoms with Crippen molar-refractivity contribution in [2.45, 2.75) is 17.2 Å². The lowest BCUT2D eigenvalue weighted by atomic mass is 10.0. The third-order valence-electron chi connectivity index (χ3n) is 5.17. The van der Waals surface area contributed by atoms with Gasteiger partial charge < -0.3 is 10.2 Å². The summed E-state index contributed by atoms with van der Waals surface area (Å²) in [5.41, 5.74) is 1.46. The van der Waals surface area contributed by atoms with E-state index in [-0.39, 0.29) is 29.8 Å². The van der Waals surface area contributed by atoms with Gasteiger partial charge in [0.1, 0.15) is 4.90 Å². The summed E-state index contributed by atoms with van der Waals surface area (Å²) in [6, 6.07) is 3.14. The Morgan fingerprint density at radius 3 is 2.67 bits per heavy atom. The first-order valence-electron chi connectivity index (χ1n) is 9.01. The van der Waals surface area contributed by atoms with E-state index in [0.29, 0.717) is 18.7 Å². The Bertz CT molecular complexity index is 900. The van der Waals surface area contributed by atoms with Crippen LogP contribution in [0.2, 0.25) is 0 Å². The molecule has 0 spiro atoms. The second-order valence-corrected chi connectivity index (χ2v) is 8.71. The van der Waals surface area contributed by atoms with Crippen LogP contribution in [-0.4, -0.2) is 78.0 Å². The van der Waals surface area contributed by atoms with E-state index in [4.69, 9.17) is 0 Å². The minimum atomic E-state index is -3.58. The van der Waals surface area contributed by atoms with Crippen molar-refractivity contribution in [3.05, 3.63) is 42.0 Å². The van der Waals surface area contributed by atoms with E-state index >= 15 is 0 Å². The van der Waals surface area contributed by atoms with Gasteiger partial charge in [-0.05, 0) is 25.1 Å². The average Bonchev–Trinajstić information content (AvgIpc) is 3.39. The number of sulfonamides is 1. The fourth-order valence-electron chi connectivity index (χ4n) is 3.63. The zero-order valence-electron chi connectivity index (χ0n) is 14.8. The molecule has 0 bridgehead atoms. The Morgan fingerprint density at radius 2 is 2.00 bits per heavy atom. The Labute approximate surface area is 157 Å². The number of rotatable bonds is 4. The first-order chi connectivity index (χ1) is 13.1. The molecule has 27 heavy (non-hydrogen) atoms. The van der Waals surface area contributed by atoms with Crippen LogP contribution in [0, 0.1) is 0 Å². The summed E-state index contributed by atoms with van der Waals surface area (Å²) in [4.78, 5) is 18.7. The monoisotopic (exact) mass is 390 g/mol. The van der Waals surface area contributed by atoms with Gasteiger partial charge in [-0.25, -0.2) is 8.42 Å². The van der Waals surface area contributed by atoms with Crippen LogP contribution in [0.25, 0.3) is 0 Å². The fourth-order valence-corrected chi connectivity index (χ4v) is 5.02. The molecule has 10 heteroatoms. The van der Waals surface area contributed by atoms with Crippen LogP contribution in [0.4, 0.5) is 0 Å². The molecule has 1 atom stereocenters. The summed E-state index contributed by atoms with van der Waals surface area (Å²) in [7, 11) is -3.58. The number of amides is 1. The van der Waals surface area contributed by atoms with Crippen molar-refractivity contribution in [2.75, 3.05) is 39.3 Å². The molecule has 9 nitrogen and oxygen atoms in total. The highest BCUT2D eigenvalue weighted by atomic mass is 32.2. The minimum absolute atomic E-state index is 0.0934. The van der Waals surface area contributed by atoms with Gasteiger partial charge in [0.15, 0.2) is 0 Å². The predicted molar refractivity (Wildman–Crippen MR) is 97.7 cm³/mol. The molecule has 2 aliphatic heterocycles. The van der Waals surface area contributed by atoms with Crippen molar-refractivity contribution in [3.63, 3.8) is 0 Å². The number of hydrogen-bond donors (Lipinski definition) is 2. The predicted octanol–water partition coefficient (Wildman–Crippen LogP) is 0.0283. The molecule has 2 N–H and O–H groups in total. The topological polar surface area (TPSA) is 111 Å². The molecule has 4 rings (SSSR count). The van der Waals surface area contributed by atoms with Gasteiger partial charge >= 0.3 is 0 Å². The van der Waals surface area contributed by atoms with Gasteiger partial charge in [-0.15, -0.1) is 0 Å². The first-order valence-corrected chi connectivity index (χ1v) is 10.4. The van der Waals surface area contributed by atoms with Gasteiger partial charge in [0.05, 0.1) is 17.5 Å². The van der Waals surface area contributed by atoms with E-state index in [1.165, 1.54) is 22.8 Å². The fraction of sp³-hybridized carbons (Fsp3) is 0.471. The lowest BCUT2D eigenvalue weighted by Gasteiger charge is -2.34. The van der Waals surface area contributed by atoms with E-state index < -0.39 is 10.0 Å². The zero-order chi connectivity index (χ0) is 18.9. The number of aromatic amines is 1. The Balaban J connectivity index is 1.44. The van der Waals surface area contributed by atoms with Gasteiger partial charge in [-0.3, -0.25) is 14.9 Å². The quantitative estimate of drug-likeness (QED) is 0.762.